The maximum absolute atomic E-state index is 13.2. The van der Waals surface area contributed by atoms with Gasteiger partial charge in [0.05, 0.1) is 19.3 Å². The van der Waals surface area contributed by atoms with Gasteiger partial charge in [-0.05, 0) is 31.0 Å². The smallest absolute Gasteiger partial charge is 0.123 e. The SMILES string of the molecule is CC1COC(CO)CN1CCC(N)c1cccc(F)c1. The molecule has 1 aliphatic rings. The fourth-order valence-electron chi connectivity index (χ4n) is 2.51. The number of rotatable bonds is 5. The van der Waals surface area contributed by atoms with Gasteiger partial charge in [-0.3, -0.25) is 4.90 Å². The van der Waals surface area contributed by atoms with Crippen molar-refractivity contribution in [3.63, 3.8) is 0 Å². The van der Waals surface area contributed by atoms with Gasteiger partial charge in [0, 0.05) is 25.2 Å². The van der Waals surface area contributed by atoms with Crippen molar-refractivity contribution < 1.29 is 14.2 Å². The normalized spacial score (nSPS) is 25.6. The Hall–Kier alpha value is -1.01. The molecule has 1 aromatic carbocycles. The topological polar surface area (TPSA) is 58.7 Å². The van der Waals surface area contributed by atoms with E-state index < -0.39 is 0 Å². The number of aliphatic hydroxyl groups is 1. The minimum Gasteiger partial charge on any atom is -0.394 e. The zero-order chi connectivity index (χ0) is 14.5. The van der Waals surface area contributed by atoms with Crippen molar-refractivity contribution in [2.45, 2.75) is 31.5 Å². The minimum atomic E-state index is -0.252. The Bertz CT molecular complexity index is 430. The van der Waals surface area contributed by atoms with E-state index in [-0.39, 0.29) is 24.6 Å². The fraction of sp³-hybridized carbons (Fsp3) is 0.600. The summed E-state index contributed by atoms with van der Waals surface area (Å²) in [6.07, 6.45) is 0.642. The number of morpholine rings is 1. The zero-order valence-corrected chi connectivity index (χ0v) is 11.8. The first-order chi connectivity index (χ1) is 9.60. The summed E-state index contributed by atoms with van der Waals surface area (Å²) < 4.78 is 18.7. The molecule has 2 rings (SSSR count). The highest BCUT2D eigenvalue weighted by Gasteiger charge is 2.25. The maximum atomic E-state index is 13.2. The summed E-state index contributed by atoms with van der Waals surface area (Å²) in [5.74, 6) is -0.252. The molecule has 1 saturated heterocycles. The summed E-state index contributed by atoms with van der Waals surface area (Å²) in [5.41, 5.74) is 6.94. The van der Waals surface area contributed by atoms with E-state index >= 15 is 0 Å². The number of aliphatic hydroxyl groups excluding tert-OH is 1. The van der Waals surface area contributed by atoms with Crippen molar-refractivity contribution >= 4 is 0 Å². The average molecular weight is 282 g/mol. The number of benzene rings is 1. The van der Waals surface area contributed by atoms with E-state index in [1.165, 1.54) is 12.1 Å². The van der Waals surface area contributed by atoms with Crippen molar-refractivity contribution in [2.24, 2.45) is 5.73 Å². The first-order valence-electron chi connectivity index (χ1n) is 7.07. The molecule has 3 N–H and O–H groups in total. The van der Waals surface area contributed by atoms with Crippen LogP contribution in [0.5, 0.6) is 0 Å². The lowest BCUT2D eigenvalue weighted by atomic mass is 10.0. The van der Waals surface area contributed by atoms with Crippen molar-refractivity contribution in [3.05, 3.63) is 35.6 Å². The van der Waals surface area contributed by atoms with Gasteiger partial charge in [0.25, 0.3) is 0 Å². The molecule has 1 heterocycles. The Kier molecular flexibility index (Phi) is 5.48. The van der Waals surface area contributed by atoms with Crippen LogP contribution in [0.3, 0.4) is 0 Å². The van der Waals surface area contributed by atoms with E-state index in [0.717, 1.165) is 18.5 Å². The predicted octanol–water partition coefficient (Wildman–Crippen LogP) is 1.30. The number of hydrogen-bond donors (Lipinski definition) is 2. The molecule has 4 nitrogen and oxygen atoms in total. The van der Waals surface area contributed by atoms with Crippen LogP contribution in [0.25, 0.3) is 0 Å². The van der Waals surface area contributed by atoms with Gasteiger partial charge in [-0.15, -0.1) is 0 Å². The second-order valence-corrected chi connectivity index (χ2v) is 5.43. The molecule has 112 valence electrons. The molecule has 1 fully saturated rings. The molecular weight excluding hydrogens is 259 g/mol. The van der Waals surface area contributed by atoms with Crippen LogP contribution in [0, 0.1) is 5.82 Å². The summed E-state index contributed by atoms with van der Waals surface area (Å²) in [5, 5.41) is 9.16. The molecule has 0 saturated carbocycles. The lowest BCUT2D eigenvalue weighted by Crippen LogP contribution is -2.50. The summed E-state index contributed by atoms with van der Waals surface area (Å²) in [6.45, 7) is 4.30. The van der Waals surface area contributed by atoms with Crippen molar-refractivity contribution in [2.75, 3.05) is 26.3 Å². The van der Waals surface area contributed by atoms with E-state index in [4.69, 9.17) is 15.6 Å². The molecule has 20 heavy (non-hydrogen) atoms. The van der Waals surface area contributed by atoms with E-state index in [0.29, 0.717) is 19.2 Å². The van der Waals surface area contributed by atoms with Gasteiger partial charge in [0.1, 0.15) is 5.82 Å². The molecule has 1 aliphatic heterocycles. The second-order valence-electron chi connectivity index (χ2n) is 5.43. The van der Waals surface area contributed by atoms with Crippen LogP contribution in [0.15, 0.2) is 24.3 Å². The molecule has 0 amide bonds. The predicted molar refractivity (Wildman–Crippen MR) is 75.8 cm³/mol. The number of nitrogens with two attached hydrogens (primary N) is 1. The highest BCUT2D eigenvalue weighted by molar-refractivity contribution is 5.19. The summed E-state index contributed by atoms with van der Waals surface area (Å²) in [4.78, 5) is 2.27. The monoisotopic (exact) mass is 282 g/mol. The van der Waals surface area contributed by atoms with E-state index in [1.807, 2.05) is 6.07 Å². The molecule has 0 aliphatic carbocycles. The standard InChI is InChI=1S/C15H23FN2O2/c1-11-10-20-14(9-19)8-18(11)6-5-15(17)12-3-2-4-13(16)7-12/h2-4,7,11,14-15,19H,5-6,8-10,17H2,1H3. The molecule has 0 aromatic heterocycles. The first-order valence-corrected chi connectivity index (χ1v) is 7.07. The zero-order valence-electron chi connectivity index (χ0n) is 11.8. The Labute approximate surface area is 119 Å². The van der Waals surface area contributed by atoms with Gasteiger partial charge in [0.2, 0.25) is 0 Å². The summed E-state index contributed by atoms with van der Waals surface area (Å²) in [7, 11) is 0. The first kappa shape index (κ1) is 15.4. The van der Waals surface area contributed by atoms with Gasteiger partial charge >= 0.3 is 0 Å². The lowest BCUT2D eigenvalue weighted by molar-refractivity contribution is -0.0782. The molecule has 3 atom stereocenters. The van der Waals surface area contributed by atoms with Crippen LogP contribution in [0.1, 0.15) is 24.9 Å². The molecule has 5 heteroatoms. The molecule has 3 unspecified atom stereocenters. The van der Waals surface area contributed by atoms with Gasteiger partial charge in [-0.2, -0.15) is 0 Å². The lowest BCUT2D eigenvalue weighted by Gasteiger charge is -2.37. The van der Waals surface area contributed by atoms with Crippen LogP contribution in [-0.4, -0.2) is 48.5 Å². The van der Waals surface area contributed by atoms with E-state index in [2.05, 4.69) is 11.8 Å². The van der Waals surface area contributed by atoms with Crippen LogP contribution >= 0.6 is 0 Å². The number of halogens is 1. The molecule has 1 aromatic rings. The highest BCUT2D eigenvalue weighted by atomic mass is 19.1. The number of nitrogens with zero attached hydrogens (tertiary/aromatic N) is 1. The van der Waals surface area contributed by atoms with Crippen molar-refractivity contribution in [3.8, 4) is 0 Å². The minimum absolute atomic E-state index is 0.0408. The number of ether oxygens (including phenoxy) is 1. The highest BCUT2D eigenvalue weighted by Crippen LogP contribution is 2.18. The number of hydrogen-bond acceptors (Lipinski definition) is 4. The van der Waals surface area contributed by atoms with Crippen molar-refractivity contribution in [1.82, 2.24) is 4.90 Å². The van der Waals surface area contributed by atoms with Crippen molar-refractivity contribution in [1.29, 1.82) is 0 Å². The summed E-state index contributed by atoms with van der Waals surface area (Å²) in [6, 6.07) is 6.60. The quantitative estimate of drug-likeness (QED) is 0.854. The molecule has 0 bridgehead atoms. The Balaban J connectivity index is 1.87. The van der Waals surface area contributed by atoms with Gasteiger partial charge < -0.3 is 15.6 Å². The fourth-order valence-corrected chi connectivity index (χ4v) is 2.51. The maximum Gasteiger partial charge on any atom is 0.123 e. The largest absolute Gasteiger partial charge is 0.394 e. The van der Waals surface area contributed by atoms with Gasteiger partial charge in [-0.25, -0.2) is 4.39 Å². The average Bonchev–Trinajstić information content (AvgIpc) is 2.46. The van der Waals surface area contributed by atoms with Crippen LogP contribution in [0.2, 0.25) is 0 Å². The van der Waals surface area contributed by atoms with Crippen LogP contribution in [0.4, 0.5) is 4.39 Å². The second kappa shape index (κ2) is 7.13. The molecule has 0 spiro atoms. The Morgan fingerprint density at radius 1 is 1.55 bits per heavy atom. The van der Waals surface area contributed by atoms with Gasteiger partial charge in [0.15, 0.2) is 0 Å². The Morgan fingerprint density at radius 2 is 2.35 bits per heavy atom. The Morgan fingerprint density at radius 3 is 3.05 bits per heavy atom. The third-order valence-corrected chi connectivity index (χ3v) is 3.84. The van der Waals surface area contributed by atoms with Crippen LogP contribution in [-0.2, 0) is 4.74 Å². The third kappa shape index (κ3) is 3.99. The molecule has 0 radical (unpaired) electrons. The van der Waals surface area contributed by atoms with Gasteiger partial charge in [-0.1, -0.05) is 12.1 Å². The van der Waals surface area contributed by atoms with Crippen LogP contribution < -0.4 is 5.73 Å². The third-order valence-electron chi connectivity index (χ3n) is 3.84. The van der Waals surface area contributed by atoms with E-state index in [1.54, 1.807) is 6.07 Å². The molecular formula is C15H23FN2O2. The van der Waals surface area contributed by atoms with E-state index in [9.17, 15) is 4.39 Å². The summed E-state index contributed by atoms with van der Waals surface area (Å²) >= 11 is 0.